The van der Waals surface area contributed by atoms with Gasteiger partial charge >= 0.3 is 0 Å². The molecule has 0 bridgehead atoms. The molecule has 1 fully saturated rings. The number of benzene rings is 1. The summed E-state index contributed by atoms with van der Waals surface area (Å²) >= 11 is 0. The summed E-state index contributed by atoms with van der Waals surface area (Å²) in [6.45, 7) is 1.54. The van der Waals surface area contributed by atoms with E-state index in [-0.39, 0.29) is 0 Å². The zero-order valence-corrected chi connectivity index (χ0v) is 11.1. The number of anilines is 1. The molecular weight excluding hydrogens is 257 g/mol. The minimum atomic E-state index is -0.771. The lowest BCUT2D eigenvalue weighted by atomic mass is 10.2. The average molecular weight is 273 g/mol. The van der Waals surface area contributed by atoms with E-state index in [1.165, 1.54) is 0 Å². The first-order valence-electron chi connectivity index (χ1n) is 6.69. The maximum absolute atomic E-state index is 13.1. The highest BCUT2D eigenvalue weighted by Gasteiger charge is 2.23. The Morgan fingerprint density at radius 2 is 1.95 bits per heavy atom. The number of ether oxygens (including phenoxy) is 1. The molecule has 0 unspecified atom stereocenters. The first-order valence-corrected chi connectivity index (χ1v) is 6.69. The van der Waals surface area contributed by atoms with Crippen molar-refractivity contribution in [2.45, 2.75) is 19.2 Å². The Hall–Kier alpha value is -2.17. The summed E-state index contributed by atoms with van der Waals surface area (Å²) in [5.41, 5.74) is 1.09. The molecule has 0 aliphatic carbocycles. The van der Waals surface area contributed by atoms with Gasteiger partial charge in [-0.25, -0.2) is 14.4 Å². The molecule has 0 spiro atoms. The standard InChI is InChI=1S/C15H16FN3O/c16-13-6-7-19(10-13)15-17-8-14(9-18-15)20-11-12-4-2-1-3-5-12/h1-5,8-9,13H,6-7,10-11H2/t13-/m0/s1. The molecule has 104 valence electrons. The van der Waals surface area contributed by atoms with Gasteiger partial charge in [0, 0.05) is 6.54 Å². The number of aromatic nitrogens is 2. The van der Waals surface area contributed by atoms with Gasteiger partial charge < -0.3 is 9.64 Å². The number of hydrogen-bond donors (Lipinski definition) is 0. The number of nitrogens with zero attached hydrogens (tertiary/aromatic N) is 3. The van der Waals surface area contributed by atoms with Crippen LogP contribution < -0.4 is 9.64 Å². The van der Waals surface area contributed by atoms with Crippen molar-refractivity contribution < 1.29 is 9.13 Å². The summed E-state index contributed by atoms with van der Waals surface area (Å²) in [7, 11) is 0. The Morgan fingerprint density at radius 3 is 2.60 bits per heavy atom. The van der Waals surface area contributed by atoms with Gasteiger partial charge in [0.25, 0.3) is 0 Å². The molecule has 2 heterocycles. The van der Waals surface area contributed by atoms with Crippen LogP contribution in [0.15, 0.2) is 42.7 Å². The Morgan fingerprint density at radius 1 is 1.20 bits per heavy atom. The van der Waals surface area contributed by atoms with E-state index in [0.29, 0.717) is 37.8 Å². The van der Waals surface area contributed by atoms with E-state index in [1.807, 2.05) is 35.2 Å². The van der Waals surface area contributed by atoms with Crippen molar-refractivity contribution >= 4 is 5.95 Å². The molecule has 1 aromatic heterocycles. The topological polar surface area (TPSA) is 38.2 Å². The van der Waals surface area contributed by atoms with Gasteiger partial charge in [-0.1, -0.05) is 30.3 Å². The summed E-state index contributed by atoms with van der Waals surface area (Å²) in [6, 6.07) is 9.91. The van der Waals surface area contributed by atoms with E-state index in [0.717, 1.165) is 5.56 Å². The quantitative estimate of drug-likeness (QED) is 0.858. The van der Waals surface area contributed by atoms with E-state index in [4.69, 9.17) is 4.74 Å². The molecule has 0 amide bonds. The summed E-state index contributed by atoms with van der Waals surface area (Å²) in [5.74, 6) is 1.19. The largest absolute Gasteiger partial charge is 0.486 e. The first kappa shape index (κ1) is 12.8. The fourth-order valence-electron chi connectivity index (χ4n) is 2.19. The van der Waals surface area contributed by atoms with Gasteiger partial charge in [-0.2, -0.15) is 0 Å². The van der Waals surface area contributed by atoms with E-state index in [1.54, 1.807) is 12.4 Å². The molecule has 0 radical (unpaired) electrons. The highest BCUT2D eigenvalue weighted by atomic mass is 19.1. The Kier molecular flexibility index (Phi) is 3.76. The van der Waals surface area contributed by atoms with Crippen LogP contribution in [0.3, 0.4) is 0 Å². The SMILES string of the molecule is F[C@H]1CCN(c2ncc(OCc3ccccc3)cn2)C1. The predicted octanol–water partition coefficient (Wildman–Crippen LogP) is 2.60. The van der Waals surface area contributed by atoms with Crippen LogP contribution >= 0.6 is 0 Å². The third-order valence-corrected chi connectivity index (χ3v) is 3.28. The Bertz CT molecular complexity index is 547. The van der Waals surface area contributed by atoms with Crippen molar-refractivity contribution in [3.63, 3.8) is 0 Å². The normalized spacial score (nSPS) is 18.2. The molecule has 1 atom stereocenters. The van der Waals surface area contributed by atoms with Crippen LogP contribution in [-0.4, -0.2) is 29.2 Å². The van der Waals surface area contributed by atoms with E-state index in [9.17, 15) is 4.39 Å². The third-order valence-electron chi connectivity index (χ3n) is 3.28. The van der Waals surface area contributed by atoms with Crippen LogP contribution in [0.5, 0.6) is 5.75 Å². The lowest BCUT2D eigenvalue weighted by Crippen LogP contribution is -2.22. The van der Waals surface area contributed by atoms with Crippen LogP contribution in [0, 0.1) is 0 Å². The smallest absolute Gasteiger partial charge is 0.225 e. The molecule has 3 rings (SSSR count). The monoisotopic (exact) mass is 273 g/mol. The van der Waals surface area contributed by atoms with Crippen LogP contribution in [-0.2, 0) is 6.61 Å². The van der Waals surface area contributed by atoms with Crippen molar-refractivity contribution in [3.8, 4) is 5.75 Å². The van der Waals surface area contributed by atoms with Gasteiger partial charge in [0.05, 0.1) is 18.9 Å². The lowest BCUT2D eigenvalue weighted by molar-refractivity contribution is 0.303. The highest BCUT2D eigenvalue weighted by Crippen LogP contribution is 2.19. The maximum atomic E-state index is 13.1. The highest BCUT2D eigenvalue weighted by molar-refractivity contribution is 5.33. The fraction of sp³-hybridized carbons (Fsp3) is 0.333. The summed E-state index contributed by atoms with van der Waals surface area (Å²) in [4.78, 5) is 10.3. The number of alkyl halides is 1. The van der Waals surface area contributed by atoms with Gasteiger partial charge in [0.1, 0.15) is 12.8 Å². The van der Waals surface area contributed by atoms with Gasteiger partial charge in [-0.3, -0.25) is 0 Å². The molecule has 20 heavy (non-hydrogen) atoms. The zero-order chi connectivity index (χ0) is 13.8. The minimum Gasteiger partial charge on any atom is -0.486 e. The summed E-state index contributed by atoms with van der Waals surface area (Å²) in [6.07, 6.45) is 3.05. The van der Waals surface area contributed by atoms with E-state index < -0.39 is 6.17 Å². The van der Waals surface area contributed by atoms with Gasteiger partial charge in [0.15, 0.2) is 5.75 Å². The molecule has 1 aromatic carbocycles. The van der Waals surface area contributed by atoms with Crippen molar-refractivity contribution in [2.24, 2.45) is 0 Å². The average Bonchev–Trinajstić information content (AvgIpc) is 2.93. The van der Waals surface area contributed by atoms with Crippen LogP contribution in [0.2, 0.25) is 0 Å². The van der Waals surface area contributed by atoms with Gasteiger partial charge in [-0.15, -0.1) is 0 Å². The minimum absolute atomic E-state index is 0.379. The molecule has 1 aliphatic rings. The second-order valence-electron chi connectivity index (χ2n) is 4.83. The van der Waals surface area contributed by atoms with Crippen LogP contribution in [0.1, 0.15) is 12.0 Å². The van der Waals surface area contributed by atoms with E-state index >= 15 is 0 Å². The molecule has 5 heteroatoms. The van der Waals surface area contributed by atoms with Crippen molar-refractivity contribution in [1.29, 1.82) is 0 Å². The first-order chi connectivity index (χ1) is 9.81. The van der Waals surface area contributed by atoms with E-state index in [2.05, 4.69) is 9.97 Å². The van der Waals surface area contributed by atoms with Gasteiger partial charge in [0.2, 0.25) is 5.95 Å². The summed E-state index contributed by atoms with van der Waals surface area (Å²) < 4.78 is 18.7. The Labute approximate surface area is 117 Å². The zero-order valence-electron chi connectivity index (χ0n) is 11.1. The molecule has 1 saturated heterocycles. The molecule has 2 aromatic rings. The van der Waals surface area contributed by atoms with Crippen LogP contribution in [0.4, 0.5) is 10.3 Å². The number of halogens is 1. The molecule has 1 aliphatic heterocycles. The van der Waals surface area contributed by atoms with Crippen molar-refractivity contribution in [3.05, 3.63) is 48.3 Å². The second kappa shape index (κ2) is 5.86. The second-order valence-corrected chi connectivity index (χ2v) is 4.83. The number of hydrogen-bond acceptors (Lipinski definition) is 4. The van der Waals surface area contributed by atoms with Crippen molar-refractivity contribution in [2.75, 3.05) is 18.0 Å². The Balaban J connectivity index is 1.59. The predicted molar refractivity (Wildman–Crippen MR) is 74.5 cm³/mol. The molecule has 0 saturated carbocycles. The third kappa shape index (κ3) is 3.04. The van der Waals surface area contributed by atoms with Gasteiger partial charge in [-0.05, 0) is 12.0 Å². The fourth-order valence-corrected chi connectivity index (χ4v) is 2.19. The van der Waals surface area contributed by atoms with Crippen molar-refractivity contribution in [1.82, 2.24) is 9.97 Å². The van der Waals surface area contributed by atoms with Crippen LogP contribution in [0.25, 0.3) is 0 Å². The molecular formula is C15H16FN3O. The molecule has 0 N–H and O–H groups in total. The lowest BCUT2D eigenvalue weighted by Gasteiger charge is -2.14. The summed E-state index contributed by atoms with van der Waals surface area (Å²) in [5, 5.41) is 0. The molecule has 4 nitrogen and oxygen atoms in total. The maximum Gasteiger partial charge on any atom is 0.225 e. The number of rotatable bonds is 4.